The van der Waals surface area contributed by atoms with E-state index in [0.29, 0.717) is 41.6 Å². The molecule has 0 aliphatic carbocycles. The van der Waals surface area contributed by atoms with Crippen molar-refractivity contribution in [3.8, 4) is 0 Å². The maximum Gasteiger partial charge on any atom is 0.306 e. The van der Waals surface area contributed by atoms with Crippen molar-refractivity contribution in [1.82, 2.24) is 15.3 Å². The Labute approximate surface area is 206 Å². The number of nitrogens with one attached hydrogen (secondary N) is 1. The first kappa shape index (κ1) is 25.8. The summed E-state index contributed by atoms with van der Waals surface area (Å²) >= 11 is 0. The van der Waals surface area contributed by atoms with Gasteiger partial charge in [-0.25, -0.2) is 9.97 Å². The first-order valence-electron chi connectivity index (χ1n) is 11.9. The Morgan fingerprint density at radius 1 is 1.09 bits per heavy atom. The van der Waals surface area contributed by atoms with Gasteiger partial charge in [0.25, 0.3) is 5.91 Å². The Morgan fingerprint density at radius 2 is 1.80 bits per heavy atom. The summed E-state index contributed by atoms with van der Waals surface area (Å²) in [5.74, 6) is -1.40. The molecule has 182 valence electrons. The second-order valence-electron chi connectivity index (χ2n) is 8.98. The molecule has 2 aromatic carbocycles. The minimum Gasteiger partial charge on any atom is -0.481 e. The first-order valence-corrected chi connectivity index (χ1v) is 11.9. The van der Waals surface area contributed by atoms with Crippen LogP contribution in [0, 0.1) is 12.8 Å². The van der Waals surface area contributed by atoms with E-state index in [1.165, 1.54) is 5.56 Å². The van der Waals surface area contributed by atoms with Crippen molar-refractivity contribution in [3.63, 3.8) is 0 Å². The van der Waals surface area contributed by atoms with Crippen LogP contribution in [0.3, 0.4) is 0 Å². The third kappa shape index (κ3) is 6.63. The number of aryl methyl sites for hydroxylation is 2. The zero-order chi connectivity index (χ0) is 25.5. The third-order valence-electron chi connectivity index (χ3n) is 6.07. The number of carboxylic acid groups (broad SMARTS) is 1. The monoisotopic (exact) mass is 471 g/mol. The van der Waals surface area contributed by atoms with E-state index >= 15 is 0 Å². The molecule has 35 heavy (non-hydrogen) atoms. The summed E-state index contributed by atoms with van der Waals surface area (Å²) in [6, 6.07) is 13.3. The van der Waals surface area contributed by atoms with Crippen LogP contribution in [0.15, 0.2) is 61.2 Å². The fraction of sp³-hybridized carbons (Fsp3) is 0.310. The zero-order valence-electron chi connectivity index (χ0n) is 20.8. The van der Waals surface area contributed by atoms with Gasteiger partial charge in [-0.3, -0.25) is 9.59 Å². The van der Waals surface area contributed by atoms with Gasteiger partial charge in [-0.1, -0.05) is 55.5 Å². The Hall–Kier alpha value is -3.80. The van der Waals surface area contributed by atoms with Crippen LogP contribution in [0.25, 0.3) is 16.6 Å². The number of aromatic nitrogens is 2. The third-order valence-corrected chi connectivity index (χ3v) is 6.07. The molecule has 0 fully saturated rings. The molecule has 2 atom stereocenters. The second-order valence-corrected chi connectivity index (χ2v) is 8.98. The summed E-state index contributed by atoms with van der Waals surface area (Å²) in [6.07, 6.45) is 5.57. The van der Waals surface area contributed by atoms with E-state index in [2.05, 4.69) is 11.9 Å². The molecule has 3 rings (SSSR count). The molecule has 6 nitrogen and oxygen atoms in total. The van der Waals surface area contributed by atoms with Crippen molar-refractivity contribution in [2.75, 3.05) is 0 Å². The van der Waals surface area contributed by atoms with Crippen molar-refractivity contribution in [3.05, 3.63) is 89.3 Å². The highest BCUT2D eigenvalue weighted by atomic mass is 16.4. The van der Waals surface area contributed by atoms with Gasteiger partial charge in [0.2, 0.25) is 0 Å². The number of rotatable bonds is 10. The molecule has 0 saturated heterocycles. The molecule has 0 spiro atoms. The summed E-state index contributed by atoms with van der Waals surface area (Å²) in [7, 11) is 0. The largest absolute Gasteiger partial charge is 0.481 e. The lowest BCUT2D eigenvalue weighted by molar-refractivity contribution is -0.141. The van der Waals surface area contributed by atoms with Crippen molar-refractivity contribution < 1.29 is 14.7 Å². The maximum atomic E-state index is 13.0. The van der Waals surface area contributed by atoms with Gasteiger partial charge in [0.15, 0.2) is 0 Å². The quantitative estimate of drug-likeness (QED) is 0.351. The number of nitrogens with zero attached hydrogens (tertiary/aromatic N) is 2. The molecule has 3 aromatic rings. The van der Waals surface area contributed by atoms with Crippen LogP contribution >= 0.6 is 0 Å². The number of hydrogen-bond donors (Lipinski definition) is 2. The molecule has 1 amide bonds. The van der Waals surface area contributed by atoms with Gasteiger partial charge >= 0.3 is 5.97 Å². The molecule has 2 N–H and O–H groups in total. The second kappa shape index (κ2) is 11.6. The number of amides is 1. The fourth-order valence-electron chi connectivity index (χ4n) is 3.86. The number of hydrogen-bond acceptors (Lipinski definition) is 4. The molecule has 2 unspecified atom stereocenters. The molecular weight excluding hydrogens is 438 g/mol. The topological polar surface area (TPSA) is 92.2 Å². The highest BCUT2D eigenvalue weighted by Crippen LogP contribution is 2.23. The first-order chi connectivity index (χ1) is 16.7. The van der Waals surface area contributed by atoms with Crippen molar-refractivity contribution >= 4 is 28.5 Å². The smallest absolute Gasteiger partial charge is 0.306 e. The van der Waals surface area contributed by atoms with Crippen LogP contribution in [0.1, 0.15) is 72.5 Å². The van der Waals surface area contributed by atoms with Gasteiger partial charge in [-0.05, 0) is 69.4 Å². The van der Waals surface area contributed by atoms with Crippen molar-refractivity contribution in [1.29, 1.82) is 0 Å². The van der Waals surface area contributed by atoms with Crippen LogP contribution < -0.4 is 5.32 Å². The number of benzene rings is 2. The summed E-state index contributed by atoms with van der Waals surface area (Å²) in [5, 5.41) is 12.2. The number of carboxylic acids is 1. The molecule has 1 aromatic heterocycles. The Balaban J connectivity index is 1.87. The summed E-state index contributed by atoms with van der Waals surface area (Å²) in [4.78, 5) is 33.7. The van der Waals surface area contributed by atoms with E-state index in [4.69, 9.17) is 9.97 Å². The van der Waals surface area contributed by atoms with Crippen LogP contribution in [0.5, 0.6) is 0 Å². The molecule has 1 heterocycles. The number of fused-ring (bicyclic) bond motifs is 1. The Morgan fingerprint density at radius 3 is 2.46 bits per heavy atom. The van der Waals surface area contributed by atoms with Crippen LogP contribution in [0.4, 0.5) is 0 Å². The minimum absolute atomic E-state index is 0.136. The average Bonchev–Trinajstić information content (AvgIpc) is 2.83. The SMILES string of the molecule is C=C(C=CC)c1nc2ccc(C(=O)NC(C)c3ccc(C)cc3)cc2nc1CCCC(C)C(=O)O. The molecule has 0 radical (unpaired) electrons. The standard InChI is InChI=1S/C29H33N3O3/c1-6-8-19(3)27-25(10-7-9-20(4)29(34)35)31-26-17-23(15-16-24(26)32-27)28(33)30-21(5)22-13-11-18(2)12-14-22/h6,8,11-17,20-21H,3,7,9-10H2,1-2,4-5H3,(H,30,33)(H,34,35). The van der Waals surface area contributed by atoms with Crippen LogP contribution in [-0.4, -0.2) is 27.0 Å². The summed E-state index contributed by atoms with van der Waals surface area (Å²) < 4.78 is 0. The van der Waals surface area contributed by atoms with Crippen LogP contribution in [-0.2, 0) is 11.2 Å². The molecule has 0 aliphatic heterocycles. The van der Waals surface area contributed by atoms with E-state index in [0.717, 1.165) is 16.8 Å². The predicted molar refractivity (Wildman–Crippen MR) is 140 cm³/mol. The fourth-order valence-corrected chi connectivity index (χ4v) is 3.86. The Bertz CT molecular complexity index is 1260. The van der Waals surface area contributed by atoms with E-state index in [1.54, 1.807) is 25.1 Å². The summed E-state index contributed by atoms with van der Waals surface area (Å²) in [5.41, 5.74) is 6.22. The molecule has 6 heteroatoms. The van der Waals surface area contributed by atoms with Gasteiger partial charge in [0.1, 0.15) is 0 Å². The Kier molecular flexibility index (Phi) is 8.53. The van der Waals surface area contributed by atoms with Gasteiger partial charge in [0.05, 0.1) is 34.4 Å². The number of carbonyl (C=O) groups is 2. The number of aliphatic carboxylic acids is 1. The lowest BCUT2D eigenvalue weighted by Crippen LogP contribution is -2.26. The molecule has 0 aliphatic rings. The highest BCUT2D eigenvalue weighted by molar-refractivity contribution is 5.97. The van der Waals surface area contributed by atoms with E-state index < -0.39 is 11.9 Å². The summed E-state index contributed by atoms with van der Waals surface area (Å²) in [6.45, 7) is 11.7. The van der Waals surface area contributed by atoms with E-state index in [-0.39, 0.29) is 11.9 Å². The van der Waals surface area contributed by atoms with E-state index in [1.807, 2.05) is 57.2 Å². The van der Waals surface area contributed by atoms with Crippen LogP contribution in [0.2, 0.25) is 0 Å². The highest BCUT2D eigenvalue weighted by Gasteiger charge is 2.16. The normalized spacial score (nSPS) is 13.0. The zero-order valence-corrected chi connectivity index (χ0v) is 20.8. The molecular formula is C29H33N3O3. The van der Waals surface area contributed by atoms with Gasteiger partial charge in [0, 0.05) is 5.56 Å². The number of allylic oxidation sites excluding steroid dienone is 3. The maximum absolute atomic E-state index is 13.0. The lowest BCUT2D eigenvalue weighted by atomic mass is 10.0. The minimum atomic E-state index is -0.802. The van der Waals surface area contributed by atoms with E-state index in [9.17, 15) is 14.7 Å². The van der Waals surface area contributed by atoms with Crippen molar-refractivity contribution in [2.45, 2.75) is 53.0 Å². The predicted octanol–water partition coefficient (Wildman–Crippen LogP) is 6.06. The van der Waals surface area contributed by atoms with Gasteiger partial charge in [-0.2, -0.15) is 0 Å². The van der Waals surface area contributed by atoms with Gasteiger partial charge in [-0.15, -0.1) is 0 Å². The molecule has 0 saturated carbocycles. The lowest BCUT2D eigenvalue weighted by Gasteiger charge is -2.15. The number of carbonyl (C=O) groups excluding carboxylic acids is 1. The van der Waals surface area contributed by atoms with Crippen molar-refractivity contribution in [2.24, 2.45) is 5.92 Å². The van der Waals surface area contributed by atoms with Gasteiger partial charge < -0.3 is 10.4 Å². The molecule has 0 bridgehead atoms. The average molecular weight is 472 g/mol.